The molecule has 5 nitrogen and oxygen atoms in total. The third-order valence-electron chi connectivity index (χ3n) is 4.66. The third kappa shape index (κ3) is 4.11. The van der Waals surface area contributed by atoms with Crippen LogP contribution in [-0.2, 0) is 19.9 Å². The molecule has 2 aromatic rings. The van der Waals surface area contributed by atoms with Gasteiger partial charge < -0.3 is 0 Å². The molecule has 0 amide bonds. The molecule has 8 heteroatoms. The molecule has 3 rings (SSSR count). The Hall–Kier alpha value is -1.41. The van der Waals surface area contributed by atoms with Crippen LogP contribution in [0.15, 0.2) is 53.4 Å². The van der Waals surface area contributed by atoms with Crippen LogP contribution in [0.25, 0.3) is 11.1 Å². The fourth-order valence-electron chi connectivity index (χ4n) is 3.13. The molecule has 0 unspecified atom stereocenters. The van der Waals surface area contributed by atoms with Crippen LogP contribution in [0.5, 0.6) is 0 Å². The quantitative estimate of drug-likeness (QED) is 0.771. The highest BCUT2D eigenvalue weighted by molar-refractivity contribution is 7.91. The summed E-state index contributed by atoms with van der Waals surface area (Å²) in [6.45, 7) is 0.427. The lowest BCUT2D eigenvalue weighted by atomic mass is 10.1. The minimum absolute atomic E-state index is 0.211. The van der Waals surface area contributed by atoms with Crippen molar-refractivity contribution >= 4 is 31.5 Å². The van der Waals surface area contributed by atoms with Crippen LogP contribution in [0.4, 0.5) is 0 Å². The van der Waals surface area contributed by atoms with Gasteiger partial charge in [0.15, 0.2) is 0 Å². The first-order chi connectivity index (χ1) is 12.2. The minimum Gasteiger partial charge on any atom is -0.229 e. The zero-order valence-electron chi connectivity index (χ0n) is 14.3. The standard InChI is InChI=1S/C18H20ClNO4S2/c1-25(21,22)17-9-11-20(12-10-17)26(23,24)18-4-2-3-15(13-18)14-5-7-16(19)8-6-14/h2-8,13,17H,9-12H2,1H3. The van der Waals surface area contributed by atoms with Crippen LogP contribution < -0.4 is 0 Å². The highest BCUT2D eigenvalue weighted by Gasteiger charge is 2.33. The van der Waals surface area contributed by atoms with Gasteiger partial charge in [-0.3, -0.25) is 0 Å². The molecule has 1 saturated heterocycles. The van der Waals surface area contributed by atoms with Gasteiger partial charge in [0, 0.05) is 24.4 Å². The van der Waals surface area contributed by atoms with E-state index in [4.69, 9.17) is 11.6 Å². The van der Waals surface area contributed by atoms with E-state index < -0.39 is 25.1 Å². The van der Waals surface area contributed by atoms with Crippen molar-refractivity contribution < 1.29 is 16.8 Å². The lowest BCUT2D eigenvalue weighted by Crippen LogP contribution is -2.42. The molecule has 1 heterocycles. The maximum Gasteiger partial charge on any atom is 0.243 e. The number of hydrogen-bond donors (Lipinski definition) is 0. The van der Waals surface area contributed by atoms with E-state index in [9.17, 15) is 16.8 Å². The maximum atomic E-state index is 12.9. The Morgan fingerprint density at radius 2 is 1.54 bits per heavy atom. The minimum atomic E-state index is -3.66. The summed E-state index contributed by atoms with van der Waals surface area (Å²) in [5.41, 5.74) is 1.66. The second kappa shape index (κ2) is 7.31. The van der Waals surface area contributed by atoms with Gasteiger partial charge in [0.05, 0.1) is 10.1 Å². The molecule has 0 spiro atoms. The van der Waals surface area contributed by atoms with Gasteiger partial charge in [-0.1, -0.05) is 35.9 Å². The highest BCUT2D eigenvalue weighted by Crippen LogP contribution is 2.27. The van der Waals surface area contributed by atoms with Crippen molar-refractivity contribution in [3.8, 4) is 11.1 Å². The Bertz CT molecular complexity index is 994. The molecule has 140 valence electrons. The topological polar surface area (TPSA) is 71.5 Å². The Kier molecular flexibility index (Phi) is 5.44. The predicted molar refractivity (Wildman–Crippen MR) is 104 cm³/mol. The number of piperidine rings is 1. The molecule has 0 aliphatic carbocycles. The Labute approximate surface area is 159 Å². The lowest BCUT2D eigenvalue weighted by molar-refractivity contribution is 0.346. The van der Waals surface area contributed by atoms with Crippen molar-refractivity contribution in [2.24, 2.45) is 0 Å². The lowest BCUT2D eigenvalue weighted by Gasteiger charge is -2.30. The Balaban J connectivity index is 1.84. The molecule has 1 aliphatic heterocycles. The third-order valence-corrected chi connectivity index (χ3v) is 8.48. The van der Waals surface area contributed by atoms with Gasteiger partial charge in [0.25, 0.3) is 0 Å². The van der Waals surface area contributed by atoms with Gasteiger partial charge >= 0.3 is 0 Å². The van der Waals surface area contributed by atoms with E-state index in [1.807, 2.05) is 18.2 Å². The van der Waals surface area contributed by atoms with Crippen molar-refractivity contribution in [2.45, 2.75) is 23.0 Å². The summed E-state index contributed by atoms with van der Waals surface area (Å²) >= 11 is 5.90. The molecule has 0 bridgehead atoms. The first-order valence-corrected chi connectivity index (χ1v) is 12.0. The van der Waals surface area contributed by atoms with Crippen molar-refractivity contribution in [1.29, 1.82) is 0 Å². The molecule has 2 aromatic carbocycles. The van der Waals surface area contributed by atoms with Gasteiger partial charge in [-0.05, 0) is 48.2 Å². The molecule has 1 aliphatic rings. The molecule has 0 N–H and O–H groups in total. The SMILES string of the molecule is CS(=O)(=O)C1CCN(S(=O)(=O)c2cccc(-c3ccc(Cl)cc3)c2)CC1. The summed E-state index contributed by atoms with van der Waals surface area (Å²) in [5.74, 6) is 0. The molecule has 0 atom stereocenters. The number of rotatable bonds is 4. The van der Waals surface area contributed by atoms with Crippen LogP contribution >= 0.6 is 11.6 Å². The molecule has 1 fully saturated rings. The molecular formula is C18H20ClNO4S2. The molecule has 0 aromatic heterocycles. The second-order valence-corrected chi connectivity index (χ2v) is 11.2. The van der Waals surface area contributed by atoms with E-state index in [1.165, 1.54) is 10.6 Å². The Morgan fingerprint density at radius 1 is 0.923 bits per heavy atom. The fourth-order valence-corrected chi connectivity index (χ4v) is 5.84. The zero-order valence-corrected chi connectivity index (χ0v) is 16.7. The zero-order chi connectivity index (χ0) is 18.9. The summed E-state index contributed by atoms with van der Waals surface area (Å²) in [5, 5.41) is 0.153. The average Bonchev–Trinajstić information content (AvgIpc) is 2.62. The van der Waals surface area contributed by atoms with Gasteiger partial charge in [-0.25, -0.2) is 16.8 Å². The van der Waals surface area contributed by atoms with E-state index >= 15 is 0 Å². The number of nitrogens with zero attached hydrogens (tertiary/aromatic N) is 1. The van der Waals surface area contributed by atoms with Crippen LogP contribution in [0.3, 0.4) is 0 Å². The van der Waals surface area contributed by atoms with Gasteiger partial charge in [-0.2, -0.15) is 4.31 Å². The van der Waals surface area contributed by atoms with E-state index in [0.717, 1.165) is 11.1 Å². The Morgan fingerprint density at radius 3 is 2.12 bits per heavy atom. The monoisotopic (exact) mass is 413 g/mol. The summed E-state index contributed by atoms with van der Waals surface area (Å²) in [6, 6.07) is 14.0. The predicted octanol–water partition coefficient (Wildman–Crippen LogP) is 3.20. The van der Waals surface area contributed by atoms with E-state index in [2.05, 4.69) is 0 Å². The first-order valence-electron chi connectivity index (χ1n) is 8.23. The van der Waals surface area contributed by atoms with E-state index in [1.54, 1.807) is 30.3 Å². The molecule has 26 heavy (non-hydrogen) atoms. The largest absolute Gasteiger partial charge is 0.243 e. The van der Waals surface area contributed by atoms with Crippen LogP contribution in [-0.4, -0.2) is 45.7 Å². The number of benzene rings is 2. The summed E-state index contributed by atoms with van der Waals surface area (Å²) in [6.07, 6.45) is 1.86. The maximum absolute atomic E-state index is 12.9. The van der Waals surface area contributed by atoms with Crippen LogP contribution in [0.2, 0.25) is 5.02 Å². The van der Waals surface area contributed by atoms with Crippen molar-refractivity contribution in [2.75, 3.05) is 19.3 Å². The van der Waals surface area contributed by atoms with E-state index in [0.29, 0.717) is 17.9 Å². The molecule has 0 radical (unpaired) electrons. The highest BCUT2D eigenvalue weighted by atomic mass is 35.5. The number of halogens is 1. The summed E-state index contributed by atoms with van der Waals surface area (Å²) in [4.78, 5) is 0.211. The van der Waals surface area contributed by atoms with Crippen molar-refractivity contribution in [3.63, 3.8) is 0 Å². The number of sulfone groups is 1. The first kappa shape index (κ1) is 19.4. The molecular weight excluding hydrogens is 394 g/mol. The number of hydrogen-bond acceptors (Lipinski definition) is 4. The van der Waals surface area contributed by atoms with Crippen LogP contribution in [0, 0.1) is 0 Å². The summed E-state index contributed by atoms with van der Waals surface area (Å²) in [7, 11) is -6.80. The van der Waals surface area contributed by atoms with Gasteiger partial charge in [0.1, 0.15) is 9.84 Å². The second-order valence-electron chi connectivity index (χ2n) is 6.47. The van der Waals surface area contributed by atoms with E-state index in [-0.39, 0.29) is 18.0 Å². The average molecular weight is 414 g/mol. The molecule has 0 saturated carbocycles. The van der Waals surface area contributed by atoms with Gasteiger partial charge in [0.2, 0.25) is 10.0 Å². The fraction of sp³-hybridized carbons (Fsp3) is 0.333. The normalized spacial score (nSPS) is 17.3. The number of sulfonamides is 1. The van der Waals surface area contributed by atoms with Gasteiger partial charge in [-0.15, -0.1) is 0 Å². The summed E-state index contributed by atoms with van der Waals surface area (Å²) < 4.78 is 50.6. The smallest absolute Gasteiger partial charge is 0.229 e. The van der Waals surface area contributed by atoms with Crippen molar-refractivity contribution in [3.05, 3.63) is 53.6 Å². The van der Waals surface area contributed by atoms with Crippen LogP contribution in [0.1, 0.15) is 12.8 Å². The van der Waals surface area contributed by atoms with Crippen molar-refractivity contribution in [1.82, 2.24) is 4.31 Å².